The van der Waals surface area contributed by atoms with Crippen LogP contribution in [0.1, 0.15) is 50.3 Å². The number of anilines is 1. The number of unbranched alkanes of at least 4 members (excludes halogenated alkanes) is 1. The summed E-state index contributed by atoms with van der Waals surface area (Å²) < 4.78 is 27.0. The molecule has 7 heteroatoms. The van der Waals surface area contributed by atoms with Crippen molar-refractivity contribution < 1.29 is 8.42 Å². The molecule has 0 saturated carbocycles. The Morgan fingerprint density at radius 3 is 2.83 bits per heavy atom. The van der Waals surface area contributed by atoms with Gasteiger partial charge in [0.1, 0.15) is 0 Å². The van der Waals surface area contributed by atoms with E-state index < -0.39 is 10.0 Å². The lowest BCUT2D eigenvalue weighted by Crippen LogP contribution is -2.48. The summed E-state index contributed by atoms with van der Waals surface area (Å²) >= 11 is 0. The third-order valence-corrected chi connectivity index (χ3v) is 7.22. The molecule has 134 valence electrons. The molecule has 1 saturated heterocycles. The Kier molecular flexibility index (Phi) is 4.84. The monoisotopic (exact) mass is 352 g/mol. The summed E-state index contributed by atoms with van der Waals surface area (Å²) in [4.78, 5) is 11.1. The normalized spacial score (nSPS) is 24.3. The molecule has 0 radical (unpaired) electrons. The summed E-state index contributed by atoms with van der Waals surface area (Å²) in [6, 6.07) is 0. The Hall–Kier alpha value is -1.21. The molecule has 2 heterocycles. The first kappa shape index (κ1) is 17.6. The van der Waals surface area contributed by atoms with Crippen molar-refractivity contribution in [1.29, 1.82) is 0 Å². The second-order valence-corrected chi connectivity index (χ2v) is 9.41. The Labute approximate surface area is 145 Å². The van der Waals surface area contributed by atoms with Gasteiger partial charge in [-0.25, -0.2) is 22.7 Å². The molecule has 1 aromatic heterocycles. The second kappa shape index (κ2) is 6.59. The molecule has 24 heavy (non-hydrogen) atoms. The molecule has 1 aliphatic heterocycles. The summed E-state index contributed by atoms with van der Waals surface area (Å²) in [7, 11) is 0.714. The van der Waals surface area contributed by atoms with Crippen LogP contribution in [0.5, 0.6) is 0 Å². The van der Waals surface area contributed by atoms with Crippen LogP contribution < -0.4 is 4.90 Å². The predicted molar refractivity (Wildman–Crippen MR) is 95.9 cm³/mol. The summed E-state index contributed by atoms with van der Waals surface area (Å²) in [6.45, 7) is 3.25. The van der Waals surface area contributed by atoms with Gasteiger partial charge in [0.25, 0.3) is 0 Å². The number of aromatic nitrogens is 2. The smallest absolute Gasteiger partial charge is 0.225 e. The number of hydrogen-bond donors (Lipinski definition) is 0. The lowest BCUT2D eigenvalue weighted by atomic mass is 9.78. The number of rotatable bonds is 5. The van der Waals surface area contributed by atoms with Gasteiger partial charge in [0.2, 0.25) is 16.0 Å². The number of sulfonamides is 1. The Balaban J connectivity index is 1.89. The molecule has 1 fully saturated rings. The number of nitrogens with zero attached hydrogens (tertiary/aromatic N) is 4. The maximum absolute atomic E-state index is 12.7. The summed E-state index contributed by atoms with van der Waals surface area (Å²) in [6.07, 6.45) is 7.42. The van der Waals surface area contributed by atoms with Crippen molar-refractivity contribution >= 4 is 16.0 Å². The lowest BCUT2D eigenvalue weighted by Gasteiger charge is -2.39. The highest BCUT2D eigenvalue weighted by Gasteiger charge is 2.46. The van der Waals surface area contributed by atoms with E-state index in [0.29, 0.717) is 19.0 Å². The maximum atomic E-state index is 12.7. The second-order valence-electron chi connectivity index (χ2n) is 7.33. The van der Waals surface area contributed by atoms with Crippen molar-refractivity contribution in [2.24, 2.45) is 0 Å². The largest absolute Gasteiger partial charge is 0.347 e. The van der Waals surface area contributed by atoms with E-state index in [1.54, 1.807) is 4.31 Å². The fourth-order valence-corrected chi connectivity index (χ4v) is 5.69. The highest BCUT2D eigenvalue weighted by Crippen LogP contribution is 2.44. The molecule has 1 unspecified atom stereocenters. The molecule has 1 aliphatic carbocycles. The van der Waals surface area contributed by atoms with Crippen molar-refractivity contribution in [1.82, 2.24) is 14.3 Å². The zero-order valence-corrected chi connectivity index (χ0v) is 15.8. The number of aryl methyl sites for hydroxylation is 1. The van der Waals surface area contributed by atoms with E-state index in [4.69, 9.17) is 4.98 Å². The molecule has 2 aliphatic rings. The van der Waals surface area contributed by atoms with Crippen molar-refractivity contribution in [3.63, 3.8) is 0 Å². The van der Waals surface area contributed by atoms with Gasteiger partial charge in [-0.05, 0) is 37.7 Å². The van der Waals surface area contributed by atoms with Gasteiger partial charge in [-0.3, -0.25) is 0 Å². The van der Waals surface area contributed by atoms with Crippen molar-refractivity contribution in [2.45, 2.75) is 50.9 Å². The predicted octanol–water partition coefficient (Wildman–Crippen LogP) is 1.95. The molecule has 0 N–H and O–H groups in total. The summed E-state index contributed by atoms with van der Waals surface area (Å²) in [5.41, 5.74) is 2.14. The van der Waals surface area contributed by atoms with Gasteiger partial charge < -0.3 is 4.90 Å². The van der Waals surface area contributed by atoms with Crippen molar-refractivity contribution in [3.8, 4) is 0 Å². The van der Waals surface area contributed by atoms with E-state index in [1.807, 2.05) is 32.1 Å². The van der Waals surface area contributed by atoms with E-state index in [1.165, 1.54) is 5.56 Å². The van der Waals surface area contributed by atoms with Crippen molar-refractivity contribution in [3.05, 3.63) is 17.5 Å². The molecule has 0 bridgehead atoms. The molecular weight excluding hydrogens is 324 g/mol. The van der Waals surface area contributed by atoms with Crippen LogP contribution in [0.15, 0.2) is 6.20 Å². The molecule has 1 atom stereocenters. The van der Waals surface area contributed by atoms with E-state index in [9.17, 15) is 8.42 Å². The molecule has 0 aromatic carbocycles. The average Bonchev–Trinajstić information content (AvgIpc) is 2.91. The van der Waals surface area contributed by atoms with E-state index in [0.717, 1.165) is 44.2 Å². The maximum Gasteiger partial charge on any atom is 0.225 e. The van der Waals surface area contributed by atoms with Gasteiger partial charge in [-0.1, -0.05) is 13.3 Å². The van der Waals surface area contributed by atoms with Gasteiger partial charge >= 0.3 is 0 Å². The molecular formula is C17H28N4O2S. The Bertz CT molecular complexity index is 701. The molecule has 1 aromatic rings. The first-order chi connectivity index (χ1) is 11.4. The van der Waals surface area contributed by atoms with Crippen LogP contribution in [-0.4, -0.2) is 55.6 Å². The van der Waals surface area contributed by atoms with Gasteiger partial charge in [-0.15, -0.1) is 0 Å². The minimum Gasteiger partial charge on any atom is -0.347 e. The minimum atomic E-state index is -3.16. The highest BCUT2D eigenvalue weighted by molar-refractivity contribution is 7.89. The Morgan fingerprint density at radius 1 is 1.33 bits per heavy atom. The first-order valence-corrected chi connectivity index (χ1v) is 10.5. The number of fused-ring (bicyclic) bond motifs is 2. The quantitative estimate of drug-likeness (QED) is 0.810. The van der Waals surface area contributed by atoms with Gasteiger partial charge in [0, 0.05) is 38.8 Å². The van der Waals surface area contributed by atoms with Crippen LogP contribution in [0.2, 0.25) is 0 Å². The fraction of sp³-hybridized carbons (Fsp3) is 0.765. The minimum absolute atomic E-state index is 0.124. The van der Waals surface area contributed by atoms with E-state index in [2.05, 4.69) is 4.98 Å². The summed E-state index contributed by atoms with van der Waals surface area (Å²) in [5, 5.41) is 0. The van der Waals surface area contributed by atoms with E-state index in [-0.39, 0.29) is 11.2 Å². The summed E-state index contributed by atoms with van der Waals surface area (Å²) in [5.74, 6) is 0.972. The number of piperidine rings is 1. The van der Waals surface area contributed by atoms with Gasteiger partial charge in [0.15, 0.2) is 0 Å². The highest BCUT2D eigenvalue weighted by atomic mass is 32.2. The van der Waals surface area contributed by atoms with Crippen LogP contribution in [0.25, 0.3) is 0 Å². The fourth-order valence-electron chi connectivity index (χ4n) is 3.93. The van der Waals surface area contributed by atoms with Crippen LogP contribution in [-0.2, 0) is 21.9 Å². The average molecular weight is 353 g/mol. The SMILES string of the molecule is CCCCS(=O)(=O)N1CCCC2(CCc3cnc(N(C)C)nc32)C1. The lowest BCUT2D eigenvalue weighted by molar-refractivity contribution is 0.219. The Morgan fingerprint density at radius 2 is 2.12 bits per heavy atom. The van der Waals surface area contributed by atoms with Crippen LogP contribution in [0.3, 0.4) is 0 Å². The first-order valence-electron chi connectivity index (χ1n) is 8.89. The zero-order chi connectivity index (χ0) is 17.4. The third kappa shape index (κ3) is 3.16. The molecule has 0 amide bonds. The van der Waals surface area contributed by atoms with Gasteiger partial charge in [0.05, 0.1) is 11.4 Å². The number of hydrogen-bond acceptors (Lipinski definition) is 5. The molecule has 6 nitrogen and oxygen atoms in total. The molecule has 3 rings (SSSR count). The van der Waals surface area contributed by atoms with Crippen LogP contribution in [0, 0.1) is 0 Å². The van der Waals surface area contributed by atoms with Crippen LogP contribution in [0.4, 0.5) is 5.95 Å². The van der Waals surface area contributed by atoms with Crippen molar-refractivity contribution in [2.75, 3.05) is 37.8 Å². The molecule has 1 spiro atoms. The standard InChI is InChI=1S/C17H28N4O2S/c1-4-5-11-24(22,23)21-10-6-8-17(13-21)9-7-14-12-18-16(20(2)3)19-15(14)17/h12H,4-11,13H2,1-3H3. The topological polar surface area (TPSA) is 66.4 Å². The van der Waals surface area contributed by atoms with Gasteiger partial charge in [-0.2, -0.15) is 0 Å². The van der Waals surface area contributed by atoms with Crippen LogP contribution >= 0.6 is 0 Å². The van der Waals surface area contributed by atoms with E-state index >= 15 is 0 Å². The zero-order valence-electron chi connectivity index (χ0n) is 15.0. The third-order valence-electron chi connectivity index (χ3n) is 5.32.